The number of aryl methyl sites for hydroxylation is 1. The van der Waals surface area contributed by atoms with E-state index in [1.54, 1.807) is 54.6 Å². The van der Waals surface area contributed by atoms with E-state index in [1.807, 2.05) is 6.92 Å². The van der Waals surface area contributed by atoms with Gasteiger partial charge in [0, 0.05) is 16.8 Å². The molecule has 0 atom stereocenters. The number of nitrogens with one attached hydrogen (secondary N) is 2. The molecule has 1 aromatic heterocycles. The Labute approximate surface area is 156 Å². The van der Waals surface area contributed by atoms with E-state index in [0.717, 1.165) is 5.56 Å². The maximum Gasteiger partial charge on any atom is 0.291 e. The molecule has 6 heteroatoms. The van der Waals surface area contributed by atoms with Crippen molar-refractivity contribution in [3.63, 3.8) is 0 Å². The predicted molar refractivity (Wildman–Crippen MR) is 102 cm³/mol. The highest BCUT2D eigenvalue weighted by atomic mass is 16.3. The number of Topliss-reactive ketones (excluding diaryl/α,β-unsaturated/α-hetero) is 1. The maximum absolute atomic E-state index is 12.6. The van der Waals surface area contributed by atoms with Crippen LogP contribution in [0.5, 0.6) is 0 Å². The monoisotopic (exact) mass is 362 g/mol. The molecule has 0 aliphatic heterocycles. The lowest BCUT2D eigenvalue weighted by molar-refractivity contribution is 0.0991. The first-order valence-corrected chi connectivity index (χ1v) is 8.32. The van der Waals surface area contributed by atoms with Gasteiger partial charge in [-0.3, -0.25) is 14.4 Å². The van der Waals surface area contributed by atoms with Crippen molar-refractivity contribution in [2.75, 3.05) is 10.6 Å². The Bertz CT molecular complexity index is 1010. The summed E-state index contributed by atoms with van der Waals surface area (Å²) in [7, 11) is 0. The van der Waals surface area contributed by atoms with Crippen molar-refractivity contribution in [3.8, 4) is 0 Å². The molecule has 0 radical (unpaired) electrons. The van der Waals surface area contributed by atoms with Crippen molar-refractivity contribution in [2.24, 2.45) is 0 Å². The van der Waals surface area contributed by atoms with E-state index < -0.39 is 5.91 Å². The first kappa shape index (κ1) is 18.1. The summed E-state index contributed by atoms with van der Waals surface area (Å²) in [6.45, 7) is 3.27. The van der Waals surface area contributed by atoms with Crippen LogP contribution in [0.4, 0.5) is 11.4 Å². The first-order valence-electron chi connectivity index (χ1n) is 8.32. The van der Waals surface area contributed by atoms with Gasteiger partial charge < -0.3 is 15.1 Å². The molecule has 2 amide bonds. The Morgan fingerprint density at radius 3 is 2.30 bits per heavy atom. The zero-order chi connectivity index (χ0) is 19.4. The van der Waals surface area contributed by atoms with Gasteiger partial charge >= 0.3 is 0 Å². The highest BCUT2D eigenvalue weighted by Gasteiger charge is 2.15. The van der Waals surface area contributed by atoms with Gasteiger partial charge in [-0.25, -0.2) is 0 Å². The van der Waals surface area contributed by atoms with Crippen LogP contribution in [0.1, 0.15) is 43.8 Å². The number of carbonyl (C=O) groups excluding carboxylic acids is 3. The lowest BCUT2D eigenvalue weighted by Crippen LogP contribution is -2.16. The molecule has 0 fully saturated rings. The van der Waals surface area contributed by atoms with Crippen LogP contribution in [-0.2, 0) is 0 Å². The van der Waals surface area contributed by atoms with Crippen molar-refractivity contribution in [1.82, 2.24) is 0 Å². The summed E-state index contributed by atoms with van der Waals surface area (Å²) in [5.74, 6) is -0.736. The van der Waals surface area contributed by atoms with E-state index in [4.69, 9.17) is 4.42 Å². The Hall–Kier alpha value is -3.67. The fourth-order valence-corrected chi connectivity index (χ4v) is 2.58. The molecule has 2 N–H and O–H groups in total. The van der Waals surface area contributed by atoms with E-state index in [0.29, 0.717) is 22.5 Å². The normalized spacial score (nSPS) is 10.3. The summed E-state index contributed by atoms with van der Waals surface area (Å²) in [4.78, 5) is 36.5. The minimum Gasteiger partial charge on any atom is -0.459 e. The summed E-state index contributed by atoms with van der Waals surface area (Å²) in [5.41, 5.74) is 2.54. The molecule has 3 rings (SSSR count). The highest BCUT2D eigenvalue weighted by Crippen LogP contribution is 2.21. The molecule has 0 unspecified atom stereocenters. The fraction of sp³-hybridized carbons (Fsp3) is 0.0952. The SMILES string of the molecule is CC(=O)c1ccccc1NC(=O)c1ccc(C)c(NC(=O)c2ccco2)c1. The lowest BCUT2D eigenvalue weighted by atomic mass is 10.1. The summed E-state index contributed by atoms with van der Waals surface area (Å²) < 4.78 is 5.08. The third-order valence-corrected chi connectivity index (χ3v) is 4.05. The minimum atomic E-state index is -0.400. The largest absolute Gasteiger partial charge is 0.459 e. The van der Waals surface area contributed by atoms with Gasteiger partial charge in [0.2, 0.25) is 0 Å². The third-order valence-electron chi connectivity index (χ3n) is 4.05. The zero-order valence-corrected chi connectivity index (χ0v) is 14.9. The lowest BCUT2D eigenvalue weighted by Gasteiger charge is -2.12. The van der Waals surface area contributed by atoms with Crippen LogP contribution in [-0.4, -0.2) is 17.6 Å². The number of anilines is 2. The number of amides is 2. The molecule has 0 saturated carbocycles. The maximum atomic E-state index is 12.6. The van der Waals surface area contributed by atoms with E-state index in [1.165, 1.54) is 13.2 Å². The fourth-order valence-electron chi connectivity index (χ4n) is 2.58. The predicted octanol–water partition coefficient (Wildman–Crippen LogP) is 4.30. The smallest absolute Gasteiger partial charge is 0.291 e. The molecule has 136 valence electrons. The average molecular weight is 362 g/mol. The summed E-state index contributed by atoms with van der Waals surface area (Å²) >= 11 is 0. The average Bonchev–Trinajstić information content (AvgIpc) is 3.18. The second-order valence-electron chi connectivity index (χ2n) is 6.02. The number of rotatable bonds is 5. The molecule has 6 nitrogen and oxygen atoms in total. The van der Waals surface area contributed by atoms with E-state index in [9.17, 15) is 14.4 Å². The Balaban J connectivity index is 1.82. The molecule has 0 spiro atoms. The van der Waals surface area contributed by atoms with Crippen LogP contribution in [0.2, 0.25) is 0 Å². The molecular formula is C21H18N2O4. The van der Waals surface area contributed by atoms with Crippen LogP contribution in [0, 0.1) is 6.92 Å². The summed E-state index contributed by atoms with van der Waals surface area (Å²) in [6.07, 6.45) is 1.41. The van der Waals surface area contributed by atoms with Crippen molar-refractivity contribution in [2.45, 2.75) is 13.8 Å². The van der Waals surface area contributed by atoms with Gasteiger partial charge in [0.05, 0.1) is 12.0 Å². The Morgan fingerprint density at radius 2 is 1.59 bits per heavy atom. The number of hydrogen-bond donors (Lipinski definition) is 2. The number of carbonyl (C=O) groups is 3. The van der Waals surface area contributed by atoms with E-state index in [-0.39, 0.29) is 17.5 Å². The molecule has 3 aromatic rings. The van der Waals surface area contributed by atoms with Crippen LogP contribution in [0.15, 0.2) is 65.3 Å². The van der Waals surface area contributed by atoms with E-state index in [2.05, 4.69) is 10.6 Å². The van der Waals surface area contributed by atoms with Gasteiger partial charge in [0.25, 0.3) is 11.8 Å². The van der Waals surface area contributed by atoms with Crippen molar-refractivity contribution in [1.29, 1.82) is 0 Å². The van der Waals surface area contributed by atoms with Crippen LogP contribution >= 0.6 is 0 Å². The van der Waals surface area contributed by atoms with E-state index >= 15 is 0 Å². The molecule has 0 aliphatic carbocycles. The molecule has 27 heavy (non-hydrogen) atoms. The standard InChI is InChI=1S/C21H18N2O4/c1-13-9-10-15(12-18(13)23-21(26)19-8-5-11-27-19)20(25)22-17-7-4-3-6-16(17)14(2)24/h3-12H,1-2H3,(H,22,25)(H,23,26). The highest BCUT2D eigenvalue weighted by molar-refractivity contribution is 6.10. The number of hydrogen-bond acceptors (Lipinski definition) is 4. The van der Waals surface area contributed by atoms with Gasteiger partial charge in [0.15, 0.2) is 11.5 Å². The summed E-state index contributed by atoms with van der Waals surface area (Å²) in [6, 6.07) is 15.0. The topological polar surface area (TPSA) is 88.4 Å². The minimum absolute atomic E-state index is 0.138. The van der Waals surface area contributed by atoms with Crippen molar-refractivity contribution in [3.05, 3.63) is 83.3 Å². The summed E-state index contributed by atoms with van der Waals surface area (Å²) in [5, 5.41) is 5.48. The van der Waals surface area contributed by atoms with Crippen LogP contribution in [0.25, 0.3) is 0 Å². The molecular weight excluding hydrogens is 344 g/mol. The number of para-hydroxylation sites is 1. The van der Waals surface area contributed by atoms with Gasteiger partial charge in [-0.15, -0.1) is 0 Å². The Kier molecular flexibility index (Phi) is 5.17. The first-order chi connectivity index (χ1) is 13.0. The van der Waals surface area contributed by atoms with Gasteiger partial charge in [0.1, 0.15) is 0 Å². The molecule has 1 heterocycles. The molecule has 2 aromatic carbocycles. The number of furan rings is 1. The number of benzene rings is 2. The second-order valence-corrected chi connectivity index (χ2v) is 6.02. The zero-order valence-electron chi connectivity index (χ0n) is 14.9. The van der Waals surface area contributed by atoms with Crippen molar-refractivity contribution < 1.29 is 18.8 Å². The number of ketones is 1. The third kappa shape index (κ3) is 4.12. The van der Waals surface area contributed by atoms with Gasteiger partial charge in [-0.1, -0.05) is 18.2 Å². The van der Waals surface area contributed by atoms with Crippen LogP contribution < -0.4 is 10.6 Å². The second kappa shape index (κ2) is 7.70. The van der Waals surface area contributed by atoms with Gasteiger partial charge in [-0.05, 0) is 55.8 Å². The van der Waals surface area contributed by atoms with Crippen LogP contribution in [0.3, 0.4) is 0 Å². The molecule has 0 saturated heterocycles. The van der Waals surface area contributed by atoms with Crippen molar-refractivity contribution >= 4 is 29.0 Å². The van der Waals surface area contributed by atoms with Gasteiger partial charge in [-0.2, -0.15) is 0 Å². The quantitative estimate of drug-likeness (QED) is 0.663. The molecule has 0 bridgehead atoms. The molecule has 0 aliphatic rings. The Morgan fingerprint density at radius 1 is 0.852 bits per heavy atom.